The minimum absolute atomic E-state index is 0.262. The Balaban J connectivity index is 1.48. The van der Waals surface area contributed by atoms with Crippen LogP contribution < -0.4 is 5.32 Å². The number of hydrogen-bond donors (Lipinski definition) is 2. The molecule has 3 unspecified atom stereocenters. The zero-order valence-corrected chi connectivity index (χ0v) is 11.8. The Morgan fingerprint density at radius 2 is 2.05 bits per heavy atom. The highest BCUT2D eigenvalue weighted by Gasteiger charge is 2.31. The second-order valence-electron chi connectivity index (χ2n) is 6.03. The van der Waals surface area contributed by atoms with Crippen LogP contribution in [0.2, 0.25) is 0 Å². The molecule has 0 bridgehead atoms. The number of halogens is 1. The molecule has 4 heteroatoms. The average Bonchev–Trinajstić information content (AvgIpc) is 2.93. The zero-order valence-electron chi connectivity index (χ0n) is 11.8. The molecule has 0 radical (unpaired) electrons. The molecule has 0 spiro atoms. The van der Waals surface area contributed by atoms with E-state index in [1.807, 2.05) is 0 Å². The van der Waals surface area contributed by atoms with Gasteiger partial charge in [0.2, 0.25) is 0 Å². The number of aliphatic hydroxyl groups is 1. The van der Waals surface area contributed by atoms with Crippen molar-refractivity contribution in [2.45, 2.75) is 43.9 Å². The van der Waals surface area contributed by atoms with E-state index in [2.05, 4.69) is 10.2 Å². The lowest BCUT2D eigenvalue weighted by molar-refractivity contribution is 0.138. The molecule has 3 rings (SSSR count). The predicted octanol–water partition coefficient (Wildman–Crippen LogP) is 2.08. The van der Waals surface area contributed by atoms with Gasteiger partial charge in [0.05, 0.1) is 6.10 Å². The smallest absolute Gasteiger partial charge is 0.123 e. The Labute approximate surface area is 119 Å². The lowest BCUT2D eigenvalue weighted by Crippen LogP contribution is -2.46. The van der Waals surface area contributed by atoms with Gasteiger partial charge in [0.15, 0.2) is 0 Å². The van der Waals surface area contributed by atoms with Crippen LogP contribution in [0.1, 0.15) is 37.4 Å². The van der Waals surface area contributed by atoms with E-state index in [0.29, 0.717) is 12.6 Å². The highest BCUT2D eigenvalue weighted by atomic mass is 19.1. The molecule has 0 saturated carbocycles. The summed E-state index contributed by atoms with van der Waals surface area (Å²) < 4.78 is 12.8. The van der Waals surface area contributed by atoms with Crippen molar-refractivity contribution >= 4 is 0 Å². The second-order valence-corrected chi connectivity index (χ2v) is 6.03. The molecule has 2 fully saturated rings. The van der Waals surface area contributed by atoms with Crippen LogP contribution in [0.15, 0.2) is 24.3 Å². The van der Waals surface area contributed by atoms with Crippen molar-refractivity contribution in [3.8, 4) is 0 Å². The molecule has 2 saturated heterocycles. The number of nitrogens with zero attached hydrogens (tertiary/aromatic N) is 1. The van der Waals surface area contributed by atoms with Gasteiger partial charge in [-0.15, -0.1) is 0 Å². The molecule has 3 atom stereocenters. The molecule has 2 aliphatic heterocycles. The number of rotatable bonds is 4. The third-order valence-corrected chi connectivity index (χ3v) is 4.68. The SMILES string of the molecule is OC(CNC1CCN2CCCC2C1)c1ccc(F)cc1. The highest BCUT2D eigenvalue weighted by Crippen LogP contribution is 2.27. The summed E-state index contributed by atoms with van der Waals surface area (Å²) in [5, 5.41) is 13.6. The fourth-order valence-corrected chi connectivity index (χ4v) is 3.49. The van der Waals surface area contributed by atoms with Gasteiger partial charge in [-0.25, -0.2) is 4.39 Å². The van der Waals surface area contributed by atoms with E-state index in [1.165, 1.54) is 44.5 Å². The van der Waals surface area contributed by atoms with Crippen molar-refractivity contribution in [3.05, 3.63) is 35.6 Å². The van der Waals surface area contributed by atoms with E-state index in [4.69, 9.17) is 0 Å². The highest BCUT2D eigenvalue weighted by molar-refractivity contribution is 5.18. The second kappa shape index (κ2) is 6.20. The van der Waals surface area contributed by atoms with Gasteiger partial charge in [-0.3, -0.25) is 0 Å². The van der Waals surface area contributed by atoms with E-state index in [1.54, 1.807) is 12.1 Å². The van der Waals surface area contributed by atoms with Crippen LogP contribution >= 0.6 is 0 Å². The molecule has 20 heavy (non-hydrogen) atoms. The summed E-state index contributed by atoms with van der Waals surface area (Å²) in [5.41, 5.74) is 0.775. The van der Waals surface area contributed by atoms with Gasteiger partial charge in [0, 0.05) is 18.6 Å². The van der Waals surface area contributed by atoms with E-state index in [0.717, 1.165) is 18.0 Å². The molecule has 1 aromatic rings. The predicted molar refractivity (Wildman–Crippen MR) is 77.0 cm³/mol. The lowest BCUT2D eigenvalue weighted by Gasteiger charge is -2.35. The fraction of sp³-hybridized carbons (Fsp3) is 0.625. The standard InChI is InChI=1S/C16H23FN2O/c17-13-5-3-12(4-6-13)16(20)11-18-14-7-9-19-8-1-2-15(19)10-14/h3-6,14-16,18,20H,1-2,7-11H2. The average molecular weight is 278 g/mol. The molecule has 2 N–H and O–H groups in total. The van der Waals surface area contributed by atoms with Gasteiger partial charge >= 0.3 is 0 Å². The van der Waals surface area contributed by atoms with Gasteiger partial charge in [0.25, 0.3) is 0 Å². The molecule has 2 heterocycles. The fourth-order valence-electron chi connectivity index (χ4n) is 3.49. The van der Waals surface area contributed by atoms with Crippen molar-refractivity contribution < 1.29 is 9.50 Å². The third-order valence-electron chi connectivity index (χ3n) is 4.68. The summed E-state index contributed by atoms with van der Waals surface area (Å²) in [6.07, 6.45) is 4.44. The zero-order chi connectivity index (χ0) is 13.9. The minimum Gasteiger partial charge on any atom is -0.387 e. The van der Waals surface area contributed by atoms with Gasteiger partial charge in [-0.05, 0) is 56.5 Å². The molecule has 0 aliphatic carbocycles. The van der Waals surface area contributed by atoms with E-state index < -0.39 is 6.10 Å². The van der Waals surface area contributed by atoms with Crippen molar-refractivity contribution in [1.82, 2.24) is 10.2 Å². The van der Waals surface area contributed by atoms with E-state index in [-0.39, 0.29) is 5.82 Å². The number of hydrogen-bond acceptors (Lipinski definition) is 3. The number of nitrogens with one attached hydrogen (secondary N) is 1. The maximum Gasteiger partial charge on any atom is 0.123 e. The Bertz CT molecular complexity index is 437. The first kappa shape index (κ1) is 14.0. The van der Waals surface area contributed by atoms with Crippen molar-refractivity contribution in [2.75, 3.05) is 19.6 Å². The molecule has 2 aliphatic rings. The number of fused-ring (bicyclic) bond motifs is 1. The third kappa shape index (κ3) is 3.19. The van der Waals surface area contributed by atoms with Crippen LogP contribution in [0, 0.1) is 5.82 Å². The summed E-state index contributed by atoms with van der Waals surface area (Å²) in [6, 6.07) is 7.35. The van der Waals surface area contributed by atoms with Crippen molar-refractivity contribution in [2.24, 2.45) is 0 Å². The lowest BCUT2D eigenvalue weighted by atomic mass is 9.97. The van der Waals surface area contributed by atoms with Gasteiger partial charge in [-0.1, -0.05) is 12.1 Å². The van der Waals surface area contributed by atoms with Crippen LogP contribution in [0.3, 0.4) is 0 Å². The minimum atomic E-state index is -0.558. The molecule has 1 aromatic carbocycles. The van der Waals surface area contributed by atoms with Crippen LogP contribution in [0.5, 0.6) is 0 Å². The van der Waals surface area contributed by atoms with Gasteiger partial charge in [-0.2, -0.15) is 0 Å². The monoisotopic (exact) mass is 278 g/mol. The summed E-state index contributed by atoms with van der Waals surface area (Å²) >= 11 is 0. The number of aliphatic hydroxyl groups excluding tert-OH is 1. The molecule has 3 nitrogen and oxygen atoms in total. The Morgan fingerprint density at radius 3 is 2.85 bits per heavy atom. The Kier molecular flexibility index (Phi) is 4.34. The number of piperidine rings is 1. The Hall–Kier alpha value is -0.970. The topological polar surface area (TPSA) is 35.5 Å². The van der Waals surface area contributed by atoms with Crippen LogP contribution in [-0.2, 0) is 0 Å². The summed E-state index contributed by atoms with van der Waals surface area (Å²) in [4.78, 5) is 2.59. The van der Waals surface area contributed by atoms with E-state index in [9.17, 15) is 9.50 Å². The van der Waals surface area contributed by atoms with Crippen LogP contribution in [0.25, 0.3) is 0 Å². The first-order valence-corrected chi connectivity index (χ1v) is 7.63. The van der Waals surface area contributed by atoms with Gasteiger partial charge in [0.1, 0.15) is 5.82 Å². The van der Waals surface area contributed by atoms with Crippen LogP contribution in [0.4, 0.5) is 4.39 Å². The number of benzene rings is 1. The largest absolute Gasteiger partial charge is 0.387 e. The molecule has 110 valence electrons. The van der Waals surface area contributed by atoms with Crippen molar-refractivity contribution in [3.63, 3.8) is 0 Å². The quantitative estimate of drug-likeness (QED) is 0.885. The first-order chi connectivity index (χ1) is 9.72. The van der Waals surface area contributed by atoms with Crippen LogP contribution in [-0.4, -0.2) is 41.7 Å². The molecular formula is C16H23FN2O. The summed E-state index contributed by atoms with van der Waals surface area (Å²) in [6.45, 7) is 2.98. The normalized spacial score (nSPS) is 28.3. The molecular weight excluding hydrogens is 255 g/mol. The van der Waals surface area contributed by atoms with Gasteiger partial charge < -0.3 is 15.3 Å². The van der Waals surface area contributed by atoms with E-state index >= 15 is 0 Å². The maximum absolute atomic E-state index is 12.8. The Morgan fingerprint density at radius 1 is 1.25 bits per heavy atom. The summed E-state index contributed by atoms with van der Waals surface area (Å²) in [5.74, 6) is -0.262. The van der Waals surface area contributed by atoms with Crippen molar-refractivity contribution in [1.29, 1.82) is 0 Å². The maximum atomic E-state index is 12.8. The molecule has 0 amide bonds. The molecule has 0 aromatic heterocycles. The first-order valence-electron chi connectivity index (χ1n) is 7.63. The summed E-state index contributed by atoms with van der Waals surface area (Å²) in [7, 11) is 0.